The Labute approximate surface area is 148 Å². The van der Waals surface area contributed by atoms with E-state index in [9.17, 15) is 4.79 Å². The van der Waals surface area contributed by atoms with Crippen LogP contribution in [0.4, 0.5) is 4.79 Å². The summed E-state index contributed by atoms with van der Waals surface area (Å²) in [6.07, 6.45) is 10.4. The first kappa shape index (κ1) is 16.1. The quantitative estimate of drug-likeness (QED) is 0.880. The van der Waals surface area contributed by atoms with Gasteiger partial charge in [-0.3, -0.25) is 0 Å². The summed E-state index contributed by atoms with van der Waals surface area (Å²) >= 11 is 0. The van der Waals surface area contributed by atoms with Gasteiger partial charge < -0.3 is 10.2 Å². The molecular formula is C19H25N5O. The monoisotopic (exact) mass is 339 g/mol. The molecule has 1 aromatic heterocycles. The van der Waals surface area contributed by atoms with Gasteiger partial charge >= 0.3 is 6.03 Å². The molecule has 2 amide bonds. The Morgan fingerprint density at radius 1 is 1.12 bits per heavy atom. The fourth-order valence-corrected chi connectivity index (χ4v) is 3.80. The second-order valence-electron chi connectivity index (χ2n) is 7.10. The lowest BCUT2D eigenvalue weighted by Crippen LogP contribution is -2.46. The molecule has 1 heterocycles. The molecule has 2 aliphatic carbocycles. The van der Waals surface area contributed by atoms with Crippen molar-refractivity contribution >= 4 is 6.03 Å². The Hall–Kier alpha value is -2.37. The van der Waals surface area contributed by atoms with Crippen LogP contribution < -0.4 is 5.32 Å². The Morgan fingerprint density at radius 3 is 2.52 bits per heavy atom. The minimum absolute atomic E-state index is 0.102. The normalized spacial score (nSPS) is 17.6. The van der Waals surface area contributed by atoms with Crippen LogP contribution in [-0.2, 0) is 13.1 Å². The number of carbonyl (C=O) groups excluding carboxylic acids is 1. The van der Waals surface area contributed by atoms with E-state index in [-0.39, 0.29) is 6.03 Å². The first-order valence-corrected chi connectivity index (χ1v) is 9.26. The Kier molecular flexibility index (Phi) is 4.68. The van der Waals surface area contributed by atoms with Gasteiger partial charge in [-0.1, -0.05) is 37.1 Å². The zero-order valence-corrected chi connectivity index (χ0v) is 14.5. The zero-order valence-electron chi connectivity index (χ0n) is 14.5. The standard InChI is InChI=1S/C19H25N5O/c25-19(24(18-9-10-18)17-7-3-4-8-17)21-11-15-5-1-2-6-16(15)12-23-14-20-13-22-23/h1-2,5-6,13-14,17-18H,3-4,7-12H2,(H,21,25). The van der Waals surface area contributed by atoms with Crippen LogP contribution in [-0.4, -0.2) is 37.8 Å². The lowest BCUT2D eigenvalue weighted by Gasteiger charge is -2.29. The maximum atomic E-state index is 12.8. The Bertz CT molecular complexity index is 704. The number of benzene rings is 1. The van der Waals surface area contributed by atoms with Gasteiger partial charge in [-0.2, -0.15) is 5.10 Å². The summed E-state index contributed by atoms with van der Waals surface area (Å²) in [7, 11) is 0. The van der Waals surface area contributed by atoms with Crippen molar-refractivity contribution in [1.29, 1.82) is 0 Å². The molecule has 2 aromatic rings. The molecule has 0 saturated heterocycles. The molecule has 6 heteroatoms. The predicted molar refractivity (Wildman–Crippen MR) is 94.9 cm³/mol. The van der Waals surface area contributed by atoms with Crippen molar-refractivity contribution in [2.24, 2.45) is 0 Å². The third-order valence-corrected chi connectivity index (χ3v) is 5.24. The minimum Gasteiger partial charge on any atom is -0.334 e. The highest BCUT2D eigenvalue weighted by Crippen LogP contribution is 2.34. The molecule has 0 spiro atoms. The van der Waals surface area contributed by atoms with Crippen molar-refractivity contribution in [3.05, 3.63) is 48.0 Å². The summed E-state index contributed by atoms with van der Waals surface area (Å²) < 4.78 is 1.80. The summed E-state index contributed by atoms with van der Waals surface area (Å²) in [5.41, 5.74) is 2.29. The van der Waals surface area contributed by atoms with Crippen LogP contribution in [0.1, 0.15) is 49.7 Å². The molecule has 2 saturated carbocycles. The van der Waals surface area contributed by atoms with E-state index >= 15 is 0 Å². The highest BCUT2D eigenvalue weighted by atomic mass is 16.2. The molecular weight excluding hydrogens is 314 g/mol. The second kappa shape index (κ2) is 7.25. The third-order valence-electron chi connectivity index (χ3n) is 5.24. The van der Waals surface area contributed by atoms with Crippen LogP contribution in [0.5, 0.6) is 0 Å². The van der Waals surface area contributed by atoms with Crippen LogP contribution in [0.25, 0.3) is 0 Å². The van der Waals surface area contributed by atoms with Crippen molar-refractivity contribution in [3.63, 3.8) is 0 Å². The summed E-state index contributed by atoms with van der Waals surface area (Å²) in [5.74, 6) is 0. The van der Waals surface area contributed by atoms with Gasteiger partial charge in [0.1, 0.15) is 12.7 Å². The van der Waals surface area contributed by atoms with E-state index in [1.807, 2.05) is 12.1 Å². The SMILES string of the molecule is O=C(NCc1ccccc1Cn1cncn1)N(C1CCCC1)C1CC1. The molecule has 2 fully saturated rings. The maximum absolute atomic E-state index is 12.8. The summed E-state index contributed by atoms with van der Waals surface area (Å²) in [5, 5.41) is 7.33. The van der Waals surface area contributed by atoms with Crippen molar-refractivity contribution < 1.29 is 4.79 Å². The van der Waals surface area contributed by atoms with E-state index in [0.29, 0.717) is 25.2 Å². The van der Waals surface area contributed by atoms with Crippen molar-refractivity contribution in [2.45, 2.75) is 63.7 Å². The molecule has 132 valence electrons. The van der Waals surface area contributed by atoms with Crippen LogP contribution in [0.3, 0.4) is 0 Å². The van der Waals surface area contributed by atoms with Gasteiger partial charge in [-0.15, -0.1) is 0 Å². The highest BCUT2D eigenvalue weighted by Gasteiger charge is 2.38. The molecule has 25 heavy (non-hydrogen) atoms. The fourth-order valence-electron chi connectivity index (χ4n) is 3.80. The number of aromatic nitrogens is 3. The van der Waals surface area contributed by atoms with Gasteiger partial charge in [0.25, 0.3) is 0 Å². The van der Waals surface area contributed by atoms with Crippen molar-refractivity contribution in [2.75, 3.05) is 0 Å². The smallest absolute Gasteiger partial charge is 0.318 e. The second-order valence-corrected chi connectivity index (χ2v) is 7.10. The third kappa shape index (κ3) is 3.83. The average molecular weight is 339 g/mol. The van der Waals surface area contributed by atoms with E-state index in [0.717, 1.165) is 36.8 Å². The fraction of sp³-hybridized carbons (Fsp3) is 0.526. The molecule has 0 unspecified atom stereocenters. The molecule has 0 radical (unpaired) electrons. The molecule has 1 aromatic carbocycles. The molecule has 0 atom stereocenters. The first-order chi connectivity index (χ1) is 12.3. The Morgan fingerprint density at radius 2 is 1.84 bits per heavy atom. The van der Waals surface area contributed by atoms with E-state index in [1.54, 1.807) is 17.3 Å². The van der Waals surface area contributed by atoms with Crippen LogP contribution in [0, 0.1) is 0 Å². The van der Waals surface area contributed by atoms with E-state index in [2.05, 4.69) is 32.4 Å². The Balaban J connectivity index is 1.41. The number of rotatable bonds is 6. The maximum Gasteiger partial charge on any atom is 0.318 e. The van der Waals surface area contributed by atoms with E-state index < -0.39 is 0 Å². The number of hydrogen-bond acceptors (Lipinski definition) is 3. The molecule has 2 aliphatic rings. The summed E-state index contributed by atoms with van der Waals surface area (Å²) in [4.78, 5) is 18.9. The predicted octanol–water partition coefficient (Wildman–Crippen LogP) is 2.94. The molecule has 0 aliphatic heterocycles. The van der Waals surface area contributed by atoms with Crippen molar-refractivity contribution in [1.82, 2.24) is 25.0 Å². The van der Waals surface area contributed by atoms with Gasteiger partial charge in [-0.05, 0) is 36.8 Å². The average Bonchev–Trinajstić information content (AvgIpc) is 3.09. The lowest BCUT2D eigenvalue weighted by molar-refractivity contribution is 0.170. The summed E-state index contributed by atoms with van der Waals surface area (Å²) in [6, 6.07) is 9.20. The molecule has 4 rings (SSSR count). The van der Waals surface area contributed by atoms with Crippen LogP contribution >= 0.6 is 0 Å². The topological polar surface area (TPSA) is 63.1 Å². The van der Waals surface area contributed by atoms with Gasteiger partial charge in [-0.25, -0.2) is 14.5 Å². The van der Waals surface area contributed by atoms with Gasteiger partial charge in [0.2, 0.25) is 0 Å². The number of urea groups is 1. The zero-order chi connectivity index (χ0) is 17.1. The first-order valence-electron chi connectivity index (χ1n) is 9.26. The van der Waals surface area contributed by atoms with Gasteiger partial charge in [0, 0.05) is 18.6 Å². The lowest BCUT2D eigenvalue weighted by atomic mass is 10.1. The largest absolute Gasteiger partial charge is 0.334 e. The number of nitrogens with one attached hydrogen (secondary N) is 1. The van der Waals surface area contributed by atoms with Crippen LogP contribution in [0.15, 0.2) is 36.9 Å². The minimum atomic E-state index is 0.102. The van der Waals surface area contributed by atoms with Gasteiger partial charge in [0.15, 0.2) is 0 Å². The molecule has 6 nitrogen and oxygen atoms in total. The number of carbonyl (C=O) groups is 1. The van der Waals surface area contributed by atoms with E-state index in [4.69, 9.17) is 0 Å². The van der Waals surface area contributed by atoms with Crippen LogP contribution in [0.2, 0.25) is 0 Å². The van der Waals surface area contributed by atoms with Crippen molar-refractivity contribution in [3.8, 4) is 0 Å². The summed E-state index contributed by atoms with van der Waals surface area (Å²) in [6.45, 7) is 1.22. The number of nitrogens with zero attached hydrogens (tertiary/aromatic N) is 4. The van der Waals surface area contributed by atoms with E-state index in [1.165, 1.54) is 12.8 Å². The highest BCUT2D eigenvalue weighted by molar-refractivity contribution is 5.75. The molecule has 0 bridgehead atoms. The van der Waals surface area contributed by atoms with Gasteiger partial charge in [0.05, 0.1) is 6.54 Å². The number of hydrogen-bond donors (Lipinski definition) is 1. The number of amides is 2. The molecule has 1 N–H and O–H groups in total.